The molecule has 8 nitrogen and oxygen atoms in total. The largest absolute Gasteiger partial charge is 0.444 e. The summed E-state index contributed by atoms with van der Waals surface area (Å²) in [7, 11) is 0. The molecule has 2 saturated heterocycles. The van der Waals surface area contributed by atoms with Gasteiger partial charge in [-0.25, -0.2) is 4.79 Å². The van der Waals surface area contributed by atoms with Gasteiger partial charge in [0.1, 0.15) is 17.7 Å². The van der Waals surface area contributed by atoms with Gasteiger partial charge in [-0.05, 0) is 63.7 Å². The first kappa shape index (κ1) is 33.9. The lowest BCUT2D eigenvalue weighted by Crippen LogP contribution is -2.57. The van der Waals surface area contributed by atoms with E-state index in [2.05, 4.69) is 39.8 Å². The van der Waals surface area contributed by atoms with Gasteiger partial charge in [0.15, 0.2) is 0 Å². The third-order valence-corrected chi connectivity index (χ3v) is 10.0. The number of ether oxygens (including phenoxy) is 1. The van der Waals surface area contributed by atoms with E-state index in [9.17, 15) is 14.4 Å². The standard InChI is InChI=1S/C30H46N4O4S2.ClH/c1-30(2,3)38-29(37)34-21-40-20-26(34)28(36)32-25(19-39-18-23-11-7-8-12-23)27(35)31-24-13-15-33(16-14-24)17-22-9-5-4-6-10-22;/h4-6,9-10,23-26H,7-8,11-21H2,1-3H3,(H,31,35)(H,32,36);1H/t25-,26-;/m0./s1. The number of carbonyl (C=O) groups excluding carboxylic acids is 3. The minimum atomic E-state index is -0.642. The van der Waals surface area contributed by atoms with Crippen molar-refractivity contribution in [1.82, 2.24) is 20.4 Å². The maximum Gasteiger partial charge on any atom is 0.411 e. The second kappa shape index (κ2) is 16.3. The van der Waals surface area contributed by atoms with Gasteiger partial charge >= 0.3 is 6.09 Å². The van der Waals surface area contributed by atoms with Crippen LogP contribution >= 0.6 is 35.9 Å². The van der Waals surface area contributed by atoms with Crippen molar-refractivity contribution in [3.05, 3.63) is 35.9 Å². The molecule has 1 aromatic rings. The second-order valence-electron chi connectivity index (χ2n) is 12.3. The van der Waals surface area contributed by atoms with E-state index in [0.29, 0.717) is 23.3 Å². The van der Waals surface area contributed by atoms with E-state index in [1.165, 1.54) is 47.9 Å². The SMILES string of the molecule is CC(C)(C)OC(=O)N1CSC[C@H]1C(=O)N[C@@H](CSCC1CCCC1)C(=O)NC1CCN(Cc2ccccc2)CC1.Cl. The molecule has 230 valence electrons. The number of benzene rings is 1. The minimum absolute atomic E-state index is 0. The first-order valence-electron chi connectivity index (χ1n) is 14.7. The van der Waals surface area contributed by atoms with E-state index in [1.807, 2.05) is 26.8 Å². The number of nitrogens with one attached hydrogen (secondary N) is 2. The van der Waals surface area contributed by atoms with E-state index in [-0.39, 0.29) is 30.3 Å². The molecule has 0 radical (unpaired) electrons. The number of carbonyl (C=O) groups is 3. The monoisotopic (exact) mass is 626 g/mol. The Hall–Kier alpha value is -1.62. The molecule has 1 aromatic carbocycles. The van der Waals surface area contributed by atoms with E-state index in [0.717, 1.165) is 38.2 Å². The Morgan fingerprint density at radius 1 is 1.07 bits per heavy atom. The Balaban J connectivity index is 0.00000462. The van der Waals surface area contributed by atoms with E-state index < -0.39 is 23.8 Å². The van der Waals surface area contributed by atoms with Gasteiger partial charge in [-0.3, -0.25) is 19.4 Å². The van der Waals surface area contributed by atoms with Crippen LogP contribution in [0.4, 0.5) is 4.79 Å². The fourth-order valence-corrected chi connectivity index (χ4v) is 7.93. The summed E-state index contributed by atoms with van der Waals surface area (Å²) in [5, 5.41) is 6.26. The molecule has 0 spiro atoms. The summed E-state index contributed by atoms with van der Waals surface area (Å²) in [4.78, 5) is 43.6. The van der Waals surface area contributed by atoms with E-state index in [4.69, 9.17) is 4.74 Å². The van der Waals surface area contributed by atoms with Crippen molar-refractivity contribution in [2.45, 2.75) is 89.6 Å². The number of likely N-dealkylation sites (tertiary alicyclic amines) is 1. The third-order valence-electron chi connectivity index (χ3n) is 7.74. The Bertz CT molecular complexity index is 982. The Morgan fingerprint density at radius 3 is 2.41 bits per heavy atom. The van der Waals surface area contributed by atoms with Crippen LogP contribution in [-0.4, -0.2) is 87.7 Å². The van der Waals surface area contributed by atoms with Crippen LogP contribution in [0, 0.1) is 5.92 Å². The molecule has 2 N–H and O–H groups in total. The van der Waals surface area contributed by atoms with Gasteiger partial charge in [0.05, 0.1) is 5.88 Å². The molecule has 2 heterocycles. The minimum Gasteiger partial charge on any atom is -0.444 e. The summed E-state index contributed by atoms with van der Waals surface area (Å²) in [5.41, 5.74) is 0.666. The van der Waals surface area contributed by atoms with Crippen molar-refractivity contribution in [2.24, 2.45) is 5.92 Å². The predicted molar refractivity (Wildman–Crippen MR) is 171 cm³/mol. The topological polar surface area (TPSA) is 91.0 Å². The summed E-state index contributed by atoms with van der Waals surface area (Å²) in [5.74, 6) is 2.75. The van der Waals surface area contributed by atoms with Gasteiger partial charge in [-0.2, -0.15) is 11.8 Å². The van der Waals surface area contributed by atoms with Crippen LogP contribution in [0.25, 0.3) is 0 Å². The van der Waals surface area contributed by atoms with Gasteiger partial charge < -0.3 is 15.4 Å². The van der Waals surface area contributed by atoms with Crippen molar-refractivity contribution in [3.63, 3.8) is 0 Å². The quantitative estimate of drug-likeness (QED) is 0.381. The van der Waals surface area contributed by atoms with Crippen LogP contribution in [0.1, 0.15) is 64.9 Å². The number of thioether (sulfide) groups is 2. The molecular weight excluding hydrogens is 580 g/mol. The highest BCUT2D eigenvalue weighted by Crippen LogP contribution is 2.28. The van der Waals surface area contributed by atoms with Crippen LogP contribution in [0.2, 0.25) is 0 Å². The lowest BCUT2D eigenvalue weighted by molar-refractivity contribution is -0.131. The molecule has 11 heteroatoms. The molecular formula is C30H47ClN4O4S2. The molecule has 1 saturated carbocycles. The number of hydrogen-bond donors (Lipinski definition) is 2. The summed E-state index contributed by atoms with van der Waals surface area (Å²) >= 11 is 3.28. The lowest BCUT2D eigenvalue weighted by atomic mass is 10.0. The highest BCUT2D eigenvalue weighted by atomic mass is 35.5. The Labute approximate surface area is 260 Å². The van der Waals surface area contributed by atoms with Crippen LogP contribution in [0.3, 0.4) is 0 Å². The van der Waals surface area contributed by atoms with Crippen molar-refractivity contribution in [3.8, 4) is 0 Å². The summed E-state index contributed by atoms with van der Waals surface area (Å²) in [6.07, 6.45) is 6.37. The average molecular weight is 627 g/mol. The first-order chi connectivity index (χ1) is 19.2. The van der Waals surface area contributed by atoms with Crippen LogP contribution < -0.4 is 10.6 Å². The number of rotatable bonds is 10. The maximum atomic E-state index is 13.5. The van der Waals surface area contributed by atoms with Crippen molar-refractivity contribution >= 4 is 53.8 Å². The van der Waals surface area contributed by atoms with Crippen molar-refractivity contribution < 1.29 is 19.1 Å². The highest BCUT2D eigenvalue weighted by molar-refractivity contribution is 7.99. The van der Waals surface area contributed by atoms with Crippen molar-refractivity contribution in [1.29, 1.82) is 0 Å². The molecule has 3 aliphatic rings. The second-order valence-corrected chi connectivity index (χ2v) is 14.3. The van der Waals surface area contributed by atoms with Gasteiger partial charge in [-0.1, -0.05) is 43.2 Å². The van der Waals surface area contributed by atoms with E-state index >= 15 is 0 Å². The smallest absolute Gasteiger partial charge is 0.411 e. The summed E-state index contributed by atoms with van der Waals surface area (Å²) in [6, 6.07) is 9.29. The zero-order valence-electron chi connectivity index (χ0n) is 24.6. The molecule has 4 rings (SSSR count). The summed E-state index contributed by atoms with van der Waals surface area (Å²) in [6.45, 7) is 8.23. The number of hydrogen-bond acceptors (Lipinski definition) is 7. The number of piperidine rings is 1. The van der Waals surface area contributed by atoms with Crippen LogP contribution in [0.5, 0.6) is 0 Å². The molecule has 2 aliphatic heterocycles. The molecule has 0 unspecified atom stereocenters. The summed E-state index contributed by atoms with van der Waals surface area (Å²) < 4.78 is 5.53. The van der Waals surface area contributed by atoms with Crippen LogP contribution in [0.15, 0.2) is 30.3 Å². The highest BCUT2D eigenvalue weighted by Gasteiger charge is 2.39. The Kier molecular flexibility index (Phi) is 13.5. The number of halogens is 1. The lowest BCUT2D eigenvalue weighted by Gasteiger charge is -2.33. The van der Waals surface area contributed by atoms with Crippen molar-refractivity contribution in [2.75, 3.05) is 36.2 Å². The van der Waals surface area contributed by atoms with Gasteiger partial charge in [0.2, 0.25) is 11.8 Å². The molecule has 1 aliphatic carbocycles. The van der Waals surface area contributed by atoms with Gasteiger partial charge in [0, 0.05) is 37.2 Å². The first-order valence-corrected chi connectivity index (χ1v) is 17.0. The number of amides is 3. The molecule has 3 fully saturated rings. The predicted octanol–water partition coefficient (Wildman–Crippen LogP) is 4.91. The molecule has 3 amide bonds. The fourth-order valence-electron chi connectivity index (χ4n) is 5.52. The molecule has 2 atom stereocenters. The Morgan fingerprint density at radius 2 is 1.76 bits per heavy atom. The molecule has 0 bridgehead atoms. The van der Waals surface area contributed by atoms with Gasteiger partial charge in [-0.15, -0.1) is 24.2 Å². The normalized spacial score (nSPS) is 21.2. The van der Waals surface area contributed by atoms with E-state index in [1.54, 1.807) is 11.8 Å². The van der Waals surface area contributed by atoms with Crippen LogP contribution in [-0.2, 0) is 20.9 Å². The fraction of sp³-hybridized carbons (Fsp3) is 0.700. The maximum absolute atomic E-state index is 13.5. The average Bonchev–Trinajstić information content (AvgIpc) is 3.61. The number of nitrogens with zero attached hydrogens (tertiary/aromatic N) is 2. The zero-order valence-corrected chi connectivity index (χ0v) is 27.1. The molecule has 41 heavy (non-hydrogen) atoms. The zero-order chi connectivity index (χ0) is 28.5. The third kappa shape index (κ3) is 10.9. The van der Waals surface area contributed by atoms with Gasteiger partial charge in [0.25, 0.3) is 0 Å². The molecule has 0 aromatic heterocycles.